The minimum absolute atomic E-state index is 0.131. The van der Waals surface area contributed by atoms with Gasteiger partial charge < -0.3 is 4.74 Å². The second-order valence-corrected chi connectivity index (χ2v) is 3.53. The van der Waals surface area contributed by atoms with Gasteiger partial charge in [0.25, 0.3) is 0 Å². The Morgan fingerprint density at radius 1 is 1.25 bits per heavy atom. The number of ketones is 2. The minimum Gasteiger partial charge on any atom is -0.466 e. The van der Waals surface area contributed by atoms with Crippen molar-refractivity contribution in [1.29, 1.82) is 0 Å². The van der Waals surface area contributed by atoms with Crippen molar-refractivity contribution in [3.8, 4) is 0 Å². The first kappa shape index (κ1) is 12.4. The summed E-state index contributed by atoms with van der Waals surface area (Å²) in [5, 5.41) is 0. The number of carbonyl (C=O) groups excluding carboxylic acids is 3. The Hall–Kier alpha value is -1.71. The number of rotatable bonds is 4. The zero-order valence-corrected chi connectivity index (χ0v) is 9.41. The van der Waals surface area contributed by atoms with E-state index in [1.165, 1.54) is 12.2 Å². The first-order valence-electron chi connectivity index (χ1n) is 5.17. The molecule has 86 valence electrons. The number of hydrogen-bond acceptors (Lipinski definition) is 4. The molecule has 4 nitrogen and oxygen atoms in total. The fraction of sp³-hybridized carbons (Fsp3) is 0.417. The number of hydrogen-bond donors (Lipinski definition) is 0. The number of allylic oxidation sites excluding steroid dienone is 4. The van der Waals surface area contributed by atoms with Crippen molar-refractivity contribution in [1.82, 2.24) is 0 Å². The van der Waals surface area contributed by atoms with Crippen molar-refractivity contribution >= 4 is 17.5 Å². The van der Waals surface area contributed by atoms with Crippen molar-refractivity contribution in [3.05, 3.63) is 23.3 Å². The summed E-state index contributed by atoms with van der Waals surface area (Å²) in [6.07, 6.45) is 3.00. The van der Waals surface area contributed by atoms with E-state index in [2.05, 4.69) is 0 Å². The van der Waals surface area contributed by atoms with Gasteiger partial charge in [-0.2, -0.15) is 0 Å². The molecule has 0 saturated carbocycles. The molecule has 0 saturated heterocycles. The van der Waals surface area contributed by atoms with Crippen LogP contribution in [0.15, 0.2) is 23.3 Å². The third-order valence-electron chi connectivity index (χ3n) is 2.26. The van der Waals surface area contributed by atoms with Gasteiger partial charge in [-0.3, -0.25) is 14.4 Å². The Morgan fingerprint density at radius 2 is 1.94 bits per heavy atom. The predicted octanol–water partition coefficient (Wildman–Crippen LogP) is 1.35. The standard InChI is InChI=1S/C12H14O4/c1-3-16-12(15)5-4-9-7-10(13)8(2)6-11(9)14/h6-7H,3-5H2,1-2H3. The molecule has 0 unspecified atom stereocenters. The van der Waals surface area contributed by atoms with Crippen molar-refractivity contribution in [3.63, 3.8) is 0 Å². The first-order valence-corrected chi connectivity index (χ1v) is 5.17. The fourth-order valence-electron chi connectivity index (χ4n) is 1.37. The highest BCUT2D eigenvalue weighted by atomic mass is 16.5. The molecule has 0 radical (unpaired) electrons. The normalized spacial score (nSPS) is 15.6. The Labute approximate surface area is 94.0 Å². The van der Waals surface area contributed by atoms with E-state index in [0.29, 0.717) is 17.8 Å². The van der Waals surface area contributed by atoms with Gasteiger partial charge in [0.15, 0.2) is 11.6 Å². The number of carbonyl (C=O) groups is 3. The molecule has 0 heterocycles. The van der Waals surface area contributed by atoms with Gasteiger partial charge in [-0.05, 0) is 32.4 Å². The van der Waals surface area contributed by atoms with Crippen LogP contribution in [0.2, 0.25) is 0 Å². The smallest absolute Gasteiger partial charge is 0.306 e. The molecule has 0 aromatic heterocycles. The molecule has 0 atom stereocenters. The highest BCUT2D eigenvalue weighted by Gasteiger charge is 2.18. The van der Waals surface area contributed by atoms with Crippen LogP contribution in [-0.2, 0) is 19.1 Å². The molecule has 1 aliphatic carbocycles. The van der Waals surface area contributed by atoms with Crippen molar-refractivity contribution in [2.45, 2.75) is 26.7 Å². The lowest BCUT2D eigenvalue weighted by atomic mass is 9.95. The van der Waals surface area contributed by atoms with Crippen LogP contribution >= 0.6 is 0 Å². The number of ether oxygens (including phenoxy) is 1. The van der Waals surface area contributed by atoms with Gasteiger partial charge in [-0.25, -0.2) is 0 Å². The predicted molar refractivity (Wildman–Crippen MR) is 57.7 cm³/mol. The minimum atomic E-state index is -0.352. The molecule has 0 aromatic carbocycles. The molecular weight excluding hydrogens is 208 g/mol. The summed E-state index contributed by atoms with van der Waals surface area (Å²) in [7, 11) is 0. The van der Waals surface area contributed by atoms with E-state index in [9.17, 15) is 14.4 Å². The van der Waals surface area contributed by atoms with Crippen LogP contribution in [0, 0.1) is 0 Å². The van der Waals surface area contributed by atoms with Crippen LogP contribution < -0.4 is 0 Å². The van der Waals surface area contributed by atoms with Crippen LogP contribution in [0.25, 0.3) is 0 Å². The van der Waals surface area contributed by atoms with Gasteiger partial charge in [-0.15, -0.1) is 0 Å². The topological polar surface area (TPSA) is 60.4 Å². The van der Waals surface area contributed by atoms with Gasteiger partial charge in [0, 0.05) is 17.6 Å². The highest BCUT2D eigenvalue weighted by molar-refractivity contribution is 6.19. The van der Waals surface area contributed by atoms with Crippen LogP contribution in [0.5, 0.6) is 0 Å². The Morgan fingerprint density at radius 3 is 2.56 bits per heavy atom. The van der Waals surface area contributed by atoms with Gasteiger partial charge in [-0.1, -0.05) is 0 Å². The molecule has 16 heavy (non-hydrogen) atoms. The van der Waals surface area contributed by atoms with E-state index in [-0.39, 0.29) is 30.4 Å². The SMILES string of the molecule is CCOC(=O)CCC1=CC(=O)C(C)=CC1=O. The molecule has 4 heteroatoms. The second-order valence-electron chi connectivity index (χ2n) is 3.53. The zero-order valence-electron chi connectivity index (χ0n) is 9.41. The first-order chi connectivity index (χ1) is 7.54. The van der Waals surface area contributed by atoms with E-state index in [4.69, 9.17) is 4.74 Å². The Bertz CT molecular complexity index is 388. The van der Waals surface area contributed by atoms with Crippen LogP contribution in [-0.4, -0.2) is 24.1 Å². The average Bonchev–Trinajstić information content (AvgIpc) is 2.22. The van der Waals surface area contributed by atoms with E-state index < -0.39 is 0 Å². The molecular formula is C12H14O4. The van der Waals surface area contributed by atoms with Crippen molar-refractivity contribution < 1.29 is 19.1 Å². The molecule has 1 aliphatic rings. The van der Waals surface area contributed by atoms with Crippen molar-refractivity contribution in [2.24, 2.45) is 0 Å². The van der Waals surface area contributed by atoms with Crippen molar-refractivity contribution in [2.75, 3.05) is 6.61 Å². The molecule has 1 rings (SSSR count). The maximum absolute atomic E-state index is 11.5. The molecule has 0 aromatic rings. The Kier molecular flexibility index (Phi) is 4.17. The lowest BCUT2D eigenvalue weighted by Gasteiger charge is -2.08. The van der Waals surface area contributed by atoms with Gasteiger partial charge >= 0.3 is 5.97 Å². The quantitative estimate of drug-likeness (QED) is 0.532. The van der Waals surface area contributed by atoms with E-state index in [1.807, 2.05) is 0 Å². The van der Waals surface area contributed by atoms with E-state index in [0.717, 1.165) is 0 Å². The molecule has 0 N–H and O–H groups in total. The van der Waals surface area contributed by atoms with E-state index in [1.54, 1.807) is 13.8 Å². The van der Waals surface area contributed by atoms with Gasteiger partial charge in [0.2, 0.25) is 0 Å². The summed E-state index contributed by atoms with van der Waals surface area (Å²) in [6.45, 7) is 3.64. The Balaban J connectivity index is 2.56. The fourth-order valence-corrected chi connectivity index (χ4v) is 1.37. The largest absolute Gasteiger partial charge is 0.466 e. The summed E-state index contributed by atoms with van der Waals surface area (Å²) in [5.41, 5.74) is 0.813. The molecule has 0 amide bonds. The van der Waals surface area contributed by atoms with Gasteiger partial charge in [0.1, 0.15) is 0 Å². The second kappa shape index (κ2) is 5.39. The monoisotopic (exact) mass is 222 g/mol. The number of esters is 1. The maximum atomic E-state index is 11.5. The van der Waals surface area contributed by atoms with Gasteiger partial charge in [0.05, 0.1) is 6.61 Å². The van der Waals surface area contributed by atoms with Crippen LogP contribution in [0.3, 0.4) is 0 Å². The third kappa shape index (κ3) is 3.15. The average molecular weight is 222 g/mol. The summed E-state index contributed by atoms with van der Waals surface area (Å²) in [4.78, 5) is 33.9. The highest BCUT2D eigenvalue weighted by Crippen LogP contribution is 2.16. The summed E-state index contributed by atoms with van der Waals surface area (Å²) in [5.74, 6) is -0.713. The van der Waals surface area contributed by atoms with Crippen LogP contribution in [0.1, 0.15) is 26.7 Å². The molecule has 0 spiro atoms. The zero-order chi connectivity index (χ0) is 12.1. The molecule has 0 aliphatic heterocycles. The molecule has 0 fully saturated rings. The maximum Gasteiger partial charge on any atom is 0.306 e. The summed E-state index contributed by atoms with van der Waals surface area (Å²) < 4.78 is 4.74. The lowest BCUT2D eigenvalue weighted by Crippen LogP contribution is -2.13. The third-order valence-corrected chi connectivity index (χ3v) is 2.26. The summed E-state index contributed by atoms with van der Waals surface area (Å²) in [6, 6.07) is 0. The molecule has 0 bridgehead atoms. The lowest BCUT2D eigenvalue weighted by molar-refractivity contribution is -0.143. The van der Waals surface area contributed by atoms with Crippen LogP contribution in [0.4, 0.5) is 0 Å². The van der Waals surface area contributed by atoms with E-state index >= 15 is 0 Å². The summed E-state index contributed by atoms with van der Waals surface area (Å²) >= 11 is 0.